The van der Waals surface area contributed by atoms with Gasteiger partial charge in [0.05, 0.1) is 16.8 Å². The van der Waals surface area contributed by atoms with Crippen molar-refractivity contribution in [2.75, 3.05) is 13.2 Å². The molecule has 1 fully saturated rings. The van der Waals surface area contributed by atoms with Crippen molar-refractivity contribution in [3.05, 3.63) is 28.7 Å². The van der Waals surface area contributed by atoms with E-state index in [-0.39, 0.29) is 5.25 Å². The van der Waals surface area contributed by atoms with Crippen LogP contribution in [-0.4, -0.2) is 26.9 Å². The van der Waals surface area contributed by atoms with Crippen LogP contribution in [-0.2, 0) is 14.6 Å². The molecule has 0 amide bonds. The molecule has 1 aliphatic heterocycles. The number of hydrogen-bond donors (Lipinski definition) is 0. The smallest absolute Gasteiger partial charge is 0.183 e. The lowest BCUT2D eigenvalue weighted by atomic mass is 10.4. The Morgan fingerprint density at radius 2 is 1.93 bits per heavy atom. The van der Waals surface area contributed by atoms with Gasteiger partial charge in [0, 0.05) is 11.1 Å². The molecular formula is C10H11BrO3S. The largest absolute Gasteiger partial charge is 0.380 e. The van der Waals surface area contributed by atoms with Crippen LogP contribution in [0.2, 0.25) is 0 Å². The van der Waals surface area contributed by atoms with Crippen molar-refractivity contribution in [2.24, 2.45) is 0 Å². The summed E-state index contributed by atoms with van der Waals surface area (Å²) >= 11 is 3.28. The summed E-state index contributed by atoms with van der Waals surface area (Å²) < 4.78 is 30.1. The lowest BCUT2D eigenvalue weighted by Gasteiger charge is -2.09. The van der Waals surface area contributed by atoms with Crippen molar-refractivity contribution in [3.8, 4) is 0 Å². The van der Waals surface area contributed by atoms with Crippen LogP contribution in [0.25, 0.3) is 0 Å². The second-order valence-corrected chi connectivity index (χ2v) is 6.63. The minimum Gasteiger partial charge on any atom is -0.380 e. The second kappa shape index (κ2) is 4.23. The van der Waals surface area contributed by atoms with E-state index in [2.05, 4.69) is 15.9 Å². The average Bonchev–Trinajstić information content (AvgIpc) is 2.71. The van der Waals surface area contributed by atoms with Gasteiger partial charge in [-0.2, -0.15) is 0 Å². The Balaban J connectivity index is 2.32. The van der Waals surface area contributed by atoms with E-state index in [1.54, 1.807) is 24.3 Å². The van der Waals surface area contributed by atoms with Crippen LogP contribution < -0.4 is 0 Å². The summed E-state index contributed by atoms with van der Waals surface area (Å²) in [5.41, 5.74) is 0. The molecule has 3 nitrogen and oxygen atoms in total. The lowest BCUT2D eigenvalue weighted by Crippen LogP contribution is -2.21. The highest BCUT2D eigenvalue weighted by atomic mass is 79.9. The summed E-state index contributed by atoms with van der Waals surface area (Å²) in [5.74, 6) is 0. The summed E-state index contributed by atoms with van der Waals surface area (Å²) in [7, 11) is -3.20. The second-order valence-electron chi connectivity index (χ2n) is 3.48. The summed E-state index contributed by atoms with van der Waals surface area (Å²) in [6, 6.07) is 6.72. The molecule has 2 rings (SSSR count). The Kier molecular flexibility index (Phi) is 3.13. The Labute approximate surface area is 97.5 Å². The van der Waals surface area contributed by atoms with Gasteiger partial charge in [-0.1, -0.05) is 15.9 Å². The lowest BCUT2D eigenvalue weighted by molar-refractivity contribution is 0.198. The zero-order valence-electron chi connectivity index (χ0n) is 8.02. The standard InChI is InChI=1S/C10H11BrO3S/c11-8-1-3-9(4-2-8)15(12,13)10-5-6-14-7-10/h1-4,10H,5-7H2/t10-/m0/s1. The fourth-order valence-electron chi connectivity index (χ4n) is 1.57. The van der Waals surface area contributed by atoms with Gasteiger partial charge >= 0.3 is 0 Å². The molecule has 0 radical (unpaired) electrons. The topological polar surface area (TPSA) is 43.4 Å². The van der Waals surface area contributed by atoms with E-state index in [4.69, 9.17) is 4.74 Å². The maximum Gasteiger partial charge on any atom is 0.183 e. The predicted octanol–water partition coefficient (Wildman–Crippen LogP) is 2.01. The number of hydrogen-bond acceptors (Lipinski definition) is 3. The van der Waals surface area contributed by atoms with E-state index in [0.29, 0.717) is 24.5 Å². The first-order valence-electron chi connectivity index (χ1n) is 4.68. The molecule has 5 heteroatoms. The van der Waals surface area contributed by atoms with Crippen LogP contribution in [0.15, 0.2) is 33.6 Å². The van der Waals surface area contributed by atoms with E-state index in [1.807, 2.05) is 0 Å². The third kappa shape index (κ3) is 2.24. The Morgan fingerprint density at radius 1 is 1.27 bits per heavy atom. The van der Waals surface area contributed by atoms with Gasteiger partial charge < -0.3 is 4.74 Å². The number of benzene rings is 1. The zero-order chi connectivity index (χ0) is 10.9. The fraction of sp³-hybridized carbons (Fsp3) is 0.400. The SMILES string of the molecule is O=S(=O)(c1ccc(Br)cc1)[C@H]1CCOC1. The summed E-state index contributed by atoms with van der Waals surface area (Å²) in [4.78, 5) is 0.376. The van der Waals surface area contributed by atoms with Crippen LogP contribution in [0.3, 0.4) is 0 Å². The highest BCUT2D eigenvalue weighted by Crippen LogP contribution is 2.23. The van der Waals surface area contributed by atoms with E-state index in [0.717, 1.165) is 4.47 Å². The van der Waals surface area contributed by atoms with Gasteiger partial charge in [-0.3, -0.25) is 0 Å². The highest BCUT2D eigenvalue weighted by Gasteiger charge is 2.30. The maximum atomic E-state index is 12.1. The molecule has 82 valence electrons. The van der Waals surface area contributed by atoms with Crippen molar-refractivity contribution in [1.82, 2.24) is 0 Å². The number of sulfone groups is 1. The van der Waals surface area contributed by atoms with Crippen molar-refractivity contribution in [3.63, 3.8) is 0 Å². The summed E-state index contributed by atoms with van der Waals surface area (Å²) in [6.07, 6.45) is 0.596. The van der Waals surface area contributed by atoms with Crippen LogP contribution >= 0.6 is 15.9 Å². The third-order valence-corrected chi connectivity index (χ3v) is 5.18. The van der Waals surface area contributed by atoms with Crippen LogP contribution in [0.5, 0.6) is 0 Å². The molecule has 1 heterocycles. The van der Waals surface area contributed by atoms with Gasteiger partial charge in [-0.15, -0.1) is 0 Å². The maximum absolute atomic E-state index is 12.1. The van der Waals surface area contributed by atoms with E-state index in [9.17, 15) is 8.42 Å². The Morgan fingerprint density at radius 3 is 2.47 bits per heavy atom. The van der Waals surface area contributed by atoms with Crippen molar-refractivity contribution >= 4 is 25.8 Å². The van der Waals surface area contributed by atoms with Gasteiger partial charge in [0.2, 0.25) is 0 Å². The zero-order valence-corrected chi connectivity index (χ0v) is 10.4. The number of ether oxygens (including phenoxy) is 1. The van der Waals surface area contributed by atoms with Gasteiger partial charge in [0.15, 0.2) is 9.84 Å². The van der Waals surface area contributed by atoms with E-state index in [1.165, 1.54) is 0 Å². The minimum absolute atomic E-state index is 0.318. The molecule has 1 atom stereocenters. The normalized spacial score (nSPS) is 21.8. The molecule has 0 spiro atoms. The predicted molar refractivity (Wildman–Crippen MR) is 60.6 cm³/mol. The van der Waals surface area contributed by atoms with Crippen molar-refractivity contribution in [2.45, 2.75) is 16.6 Å². The quantitative estimate of drug-likeness (QED) is 0.837. The number of rotatable bonds is 2. The molecule has 0 aliphatic carbocycles. The van der Waals surface area contributed by atoms with Gasteiger partial charge in [0.1, 0.15) is 0 Å². The molecule has 1 aromatic rings. The molecule has 0 N–H and O–H groups in total. The molecule has 1 aromatic carbocycles. The van der Waals surface area contributed by atoms with Crippen molar-refractivity contribution in [1.29, 1.82) is 0 Å². The molecule has 0 bridgehead atoms. The third-order valence-electron chi connectivity index (χ3n) is 2.47. The first kappa shape index (κ1) is 11.1. The molecular weight excluding hydrogens is 280 g/mol. The fourth-order valence-corrected chi connectivity index (χ4v) is 3.42. The minimum atomic E-state index is -3.20. The monoisotopic (exact) mass is 290 g/mol. The summed E-state index contributed by atoms with van der Waals surface area (Å²) in [5, 5.41) is -0.376. The molecule has 15 heavy (non-hydrogen) atoms. The molecule has 0 aromatic heterocycles. The van der Waals surface area contributed by atoms with Crippen LogP contribution in [0, 0.1) is 0 Å². The number of halogens is 1. The molecule has 1 aliphatic rings. The van der Waals surface area contributed by atoms with E-state index < -0.39 is 9.84 Å². The Bertz CT molecular complexity index is 432. The van der Waals surface area contributed by atoms with Gasteiger partial charge in [-0.05, 0) is 30.7 Å². The van der Waals surface area contributed by atoms with Crippen LogP contribution in [0.1, 0.15) is 6.42 Å². The first-order chi connectivity index (χ1) is 7.10. The Hall–Kier alpha value is -0.390. The van der Waals surface area contributed by atoms with Gasteiger partial charge in [-0.25, -0.2) is 8.42 Å². The highest BCUT2D eigenvalue weighted by molar-refractivity contribution is 9.10. The average molecular weight is 291 g/mol. The van der Waals surface area contributed by atoms with Crippen molar-refractivity contribution < 1.29 is 13.2 Å². The van der Waals surface area contributed by atoms with Crippen LogP contribution in [0.4, 0.5) is 0 Å². The molecule has 0 saturated carbocycles. The summed E-state index contributed by atoms with van der Waals surface area (Å²) in [6.45, 7) is 0.860. The first-order valence-corrected chi connectivity index (χ1v) is 7.02. The van der Waals surface area contributed by atoms with E-state index >= 15 is 0 Å². The molecule has 0 unspecified atom stereocenters. The van der Waals surface area contributed by atoms with Gasteiger partial charge in [0.25, 0.3) is 0 Å². The molecule has 1 saturated heterocycles.